The Morgan fingerprint density at radius 2 is 2.23 bits per heavy atom. The Labute approximate surface area is 76.0 Å². The maximum Gasteiger partial charge on any atom is 0.317 e. The Morgan fingerprint density at radius 3 is 2.85 bits per heavy atom. The molecule has 0 N–H and O–H groups in total. The van der Waals surface area contributed by atoms with Crippen LogP contribution in [0.5, 0.6) is 0 Å². The highest BCUT2D eigenvalue weighted by Gasteiger charge is 1.93. The maximum atomic E-state index is 10.6. The van der Waals surface area contributed by atoms with Crippen LogP contribution < -0.4 is 0 Å². The minimum Gasteiger partial charge on any atom is -0.468 e. The first kappa shape index (κ1) is 9.20. The van der Waals surface area contributed by atoms with Crippen LogP contribution in [0.3, 0.4) is 0 Å². The number of carbonyl (C=O) groups excluding carboxylic acids is 1. The minimum absolute atomic E-state index is 0.0642. The van der Waals surface area contributed by atoms with E-state index in [0.717, 1.165) is 0 Å². The van der Waals surface area contributed by atoms with Gasteiger partial charge < -0.3 is 4.74 Å². The van der Waals surface area contributed by atoms with Crippen LogP contribution in [0.15, 0.2) is 18.5 Å². The van der Waals surface area contributed by atoms with Crippen molar-refractivity contribution in [2.75, 3.05) is 7.11 Å². The standard InChI is InChI=1S/C9H8N2O2/c1-13-9(12)5-2-4-8-10-6-3-7-11-8/h3,6-7H,5H2,1H3. The average Bonchev–Trinajstić information content (AvgIpc) is 2.19. The number of aromatic nitrogens is 2. The van der Waals surface area contributed by atoms with E-state index in [9.17, 15) is 4.79 Å². The predicted octanol–water partition coefficient (Wildman–Crippen LogP) is 0.391. The fraction of sp³-hybridized carbons (Fsp3) is 0.222. The van der Waals surface area contributed by atoms with E-state index >= 15 is 0 Å². The van der Waals surface area contributed by atoms with Crippen molar-refractivity contribution in [1.29, 1.82) is 0 Å². The second-order valence-electron chi connectivity index (χ2n) is 2.13. The molecule has 0 aliphatic heterocycles. The molecule has 66 valence electrons. The first-order valence-electron chi connectivity index (χ1n) is 3.65. The molecule has 0 spiro atoms. The summed E-state index contributed by atoms with van der Waals surface area (Å²) in [6.45, 7) is 0. The molecule has 0 radical (unpaired) electrons. The highest BCUT2D eigenvalue weighted by Crippen LogP contribution is 1.85. The number of hydrogen-bond donors (Lipinski definition) is 0. The Morgan fingerprint density at radius 1 is 1.54 bits per heavy atom. The summed E-state index contributed by atoms with van der Waals surface area (Å²) in [6, 6.07) is 1.70. The molecule has 0 saturated heterocycles. The van der Waals surface area contributed by atoms with Crippen molar-refractivity contribution in [1.82, 2.24) is 9.97 Å². The monoisotopic (exact) mass is 176 g/mol. The molecule has 1 aromatic heterocycles. The van der Waals surface area contributed by atoms with E-state index in [1.165, 1.54) is 7.11 Å². The number of carbonyl (C=O) groups is 1. The van der Waals surface area contributed by atoms with Crippen molar-refractivity contribution >= 4 is 5.97 Å². The molecule has 0 saturated carbocycles. The van der Waals surface area contributed by atoms with Crippen LogP contribution in [-0.2, 0) is 9.53 Å². The molecular weight excluding hydrogens is 168 g/mol. The van der Waals surface area contributed by atoms with Crippen LogP contribution >= 0.6 is 0 Å². The topological polar surface area (TPSA) is 52.1 Å². The molecule has 0 aliphatic rings. The average molecular weight is 176 g/mol. The van der Waals surface area contributed by atoms with Crippen molar-refractivity contribution in [2.24, 2.45) is 0 Å². The molecule has 1 heterocycles. The third-order valence-corrected chi connectivity index (χ3v) is 1.23. The first-order valence-corrected chi connectivity index (χ1v) is 3.65. The third kappa shape index (κ3) is 3.34. The van der Waals surface area contributed by atoms with Crippen molar-refractivity contribution in [3.05, 3.63) is 24.3 Å². The van der Waals surface area contributed by atoms with Crippen LogP contribution in [0.25, 0.3) is 0 Å². The van der Waals surface area contributed by atoms with Crippen LogP contribution in [0.2, 0.25) is 0 Å². The molecule has 0 bridgehead atoms. The van der Waals surface area contributed by atoms with Gasteiger partial charge in [0, 0.05) is 12.4 Å². The number of nitrogens with zero attached hydrogens (tertiary/aromatic N) is 2. The van der Waals surface area contributed by atoms with E-state index in [4.69, 9.17) is 0 Å². The molecule has 0 unspecified atom stereocenters. The summed E-state index contributed by atoms with van der Waals surface area (Å²) >= 11 is 0. The van der Waals surface area contributed by atoms with E-state index in [0.29, 0.717) is 5.82 Å². The van der Waals surface area contributed by atoms with Crippen LogP contribution in [0.4, 0.5) is 0 Å². The zero-order valence-corrected chi connectivity index (χ0v) is 7.15. The van der Waals surface area contributed by atoms with E-state index < -0.39 is 0 Å². The molecule has 13 heavy (non-hydrogen) atoms. The van der Waals surface area contributed by atoms with Gasteiger partial charge in [-0.2, -0.15) is 0 Å². The Kier molecular flexibility index (Phi) is 3.45. The summed E-state index contributed by atoms with van der Waals surface area (Å²) in [6.07, 6.45) is 3.25. The number of ether oxygens (including phenoxy) is 1. The summed E-state index contributed by atoms with van der Waals surface area (Å²) in [5, 5.41) is 0. The van der Waals surface area contributed by atoms with Crippen molar-refractivity contribution in [3.8, 4) is 11.8 Å². The van der Waals surface area contributed by atoms with Gasteiger partial charge in [-0.05, 0) is 12.0 Å². The van der Waals surface area contributed by atoms with E-state index in [1.54, 1.807) is 18.5 Å². The van der Waals surface area contributed by atoms with Crippen LogP contribution in [-0.4, -0.2) is 23.0 Å². The normalized spacial score (nSPS) is 8.38. The Hall–Kier alpha value is -1.89. The smallest absolute Gasteiger partial charge is 0.317 e. The lowest BCUT2D eigenvalue weighted by Crippen LogP contribution is -1.97. The zero-order chi connectivity index (χ0) is 9.52. The SMILES string of the molecule is COC(=O)CC#Cc1ncccn1. The summed E-state index contributed by atoms with van der Waals surface area (Å²) in [7, 11) is 1.32. The summed E-state index contributed by atoms with van der Waals surface area (Å²) in [4.78, 5) is 18.4. The van der Waals surface area contributed by atoms with Crippen molar-refractivity contribution < 1.29 is 9.53 Å². The molecule has 1 aromatic rings. The highest BCUT2D eigenvalue weighted by atomic mass is 16.5. The molecule has 0 aliphatic carbocycles. The van der Waals surface area contributed by atoms with E-state index in [2.05, 4.69) is 26.5 Å². The number of methoxy groups -OCH3 is 1. The molecule has 0 fully saturated rings. The lowest BCUT2D eigenvalue weighted by atomic mass is 10.4. The van der Waals surface area contributed by atoms with E-state index in [-0.39, 0.29) is 12.4 Å². The second kappa shape index (κ2) is 4.88. The zero-order valence-electron chi connectivity index (χ0n) is 7.15. The molecule has 4 heteroatoms. The van der Waals surface area contributed by atoms with Crippen molar-refractivity contribution in [2.45, 2.75) is 6.42 Å². The number of esters is 1. The van der Waals surface area contributed by atoms with Gasteiger partial charge in [-0.3, -0.25) is 4.79 Å². The van der Waals surface area contributed by atoms with Gasteiger partial charge in [0.1, 0.15) is 6.42 Å². The van der Waals surface area contributed by atoms with E-state index in [1.807, 2.05) is 0 Å². The fourth-order valence-electron chi connectivity index (χ4n) is 0.631. The number of rotatable bonds is 1. The minimum atomic E-state index is -0.358. The Balaban J connectivity index is 2.54. The summed E-state index contributed by atoms with van der Waals surface area (Å²) in [5.41, 5.74) is 0. The van der Waals surface area contributed by atoms with Gasteiger partial charge in [0.15, 0.2) is 0 Å². The molecule has 0 aromatic carbocycles. The van der Waals surface area contributed by atoms with Gasteiger partial charge in [0.2, 0.25) is 5.82 Å². The highest BCUT2D eigenvalue weighted by molar-refractivity contribution is 5.72. The molecular formula is C9H8N2O2. The summed E-state index contributed by atoms with van der Waals surface area (Å²) < 4.78 is 4.41. The van der Waals surface area contributed by atoms with Crippen LogP contribution in [0, 0.1) is 11.8 Å². The fourth-order valence-corrected chi connectivity index (χ4v) is 0.631. The Bertz CT molecular complexity index is 338. The van der Waals surface area contributed by atoms with Gasteiger partial charge in [-0.15, -0.1) is 0 Å². The predicted molar refractivity (Wildman–Crippen MR) is 45.5 cm³/mol. The molecule has 0 atom stereocenters. The third-order valence-electron chi connectivity index (χ3n) is 1.23. The quantitative estimate of drug-likeness (QED) is 0.459. The molecule has 0 amide bonds. The van der Waals surface area contributed by atoms with Crippen molar-refractivity contribution in [3.63, 3.8) is 0 Å². The lowest BCUT2D eigenvalue weighted by molar-refractivity contribution is -0.139. The maximum absolute atomic E-state index is 10.6. The van der Waals surface area contributed by atoms with Gasteiger partial charge in [-0.1, -0.05) is 5.92 Å². The van der Waals surface area contributed by atoms with Gasteiger partial charge in [0.05, 0.1) is 7.11 Å². The van der Waals surface area contributed by atoms with Crippen LogP contribution in [0.1, 0.15) is 12.2 Å². The van der Waals surface area contributed by atoms with Gasteiger partial charge in [-0.25, -0.2) is 9.97 Å². The second-order valence-corrected chi connectivity index (χ2v) is 2.13. The largest absolute Gasteiger partial charge is 0.468 e. The lowest BCUT2D eigenvalue weighted by Gasteiger charge is -1.89. The molecule has 1 rings (SSSR count). The number of hydrogen-bond acceptors (Lipinski definition) is 4. The van der Waals surface area contributed by atoms with Gasteiger partial charge >= 0.3 is 5.97 Å². The first-order chi connectivity index (χ1) is 6.33. The summed E-state index contributed by atoms with van der Waals surface area (Å²) in [5.74, 6) is 5.29. The van der Waals surface area contributed by atoms with Gasteiger partial charge in [0.25, 0.3) is 0 Å². The molecule has 4 nitrogen and oxygen atoms in total.